The van der Waals surface area contributed by atoms with Gasteiger partial charge in [-0.3, -0.25) is 4.79 Å². The molecule has 0 N–H and O–H groups in total. The van der Waals surface area contributed by atoms with Gasteiger partial charge in [0.15, 0.2) is 9.84 Å². The van der Waals surface area contributed by atoms with Crippen molar-refractivity contribution >= 4 is 21.4 Å². The molecule has 0 spiro atoms. The molecule has 1 amide bonds. The van der Waals surface area contributed by atoms with E-state index in [1.807, 2.05) is 62.4 Å². The first-order valence-electron chi connectivity index (χ1n) is 8.49. The van der Waals surface area contributed by atoms with Crippen LogP contribution in [0.5, 0.6) is 0 Å². The van der Waals surface area contributed by atoms with Crippen molar-refractivity contribution in [2.75, 3.05) is 16.4 Å². The van der Waals surface area contributed by atoms with Crippen molar-refractivity contribution in [3.8, 4) is 0 Å². The molecule has 1 saturated heterocycles. The number of amides is 1. The van der Waals surface area contributed by atoms with E-state index in [1.54, 1.807) is 4.90 Å². The molecular weight excluding hydrogens is 334 g/mol. The summed E-state index contributed by atoms with van der Waals surface area (Å²) < 4.78 is 23.9. The Balaban J connectivity index is 1.95. The summed E-state index contributed by atoms with van der Waals surface area (Å²) in [5, 5.41) is 0. The summed E-state index contributed by atoms with van der Waals surface area (Å²) in [6.45, 7) is 3.97. The highest BCUT2D eigenvalue weighted by Crippen LogP contribution is 2.29. The van der Waals surface area contributed by atoms with Crippen LogP contribution in [0.25, 0.3) is 0 Å². The molecule has 1 fully saturated rings. The molecule has 0 saturated carbocycles. The van der Waals surface area contributed by atoms with Crippen LogP contribution in [0.15, 0.2) is 48.5 Å². The fraction of sp³-hybridized carbons (Fsp3) is 0.350. The van der Waals surface area contributed by atoms with E-state index in [0.29, 0.717) is 6.42 Å². The van der Waals surface area contributed by atoms with Crippen LogP contribution in [0, 0.1) is 13.8 Å². The first kappa shape index (κ1) is 17.7. The maximum absolute atomic E-state index is 13.1. The molecule has 1 aliphatic heterocycles. The number of carbonyl (C=O) groups excluding carboxylic acids is 1. The third-order valence-corrected chi connectivity index (χ3v) is 6.40. The molecule has 1 atom stereocenters. The fourth-order valence-electron chi connectivity index (χ4n) is 3.45. The highest BCUT2D eigenvalue weighted by atomic mass is 32.2. The average Bonchev–Trinajstić information content (AvgIpc) is 2.90. The second-order valence-corrected chi connectivity index (χ2v) is 9.00. The maximum atomic E-state index is 13.1. The summed E-state index contributed by atoms with van der Waals surface area (Å²) in [5.74, 6) is 0.138. The molecule has 2 aromatic carbocycles. The number of sulfone groups is 1. The van der Waals surface area contributed by atoms with Crippen molar-refractivity contribution in [3.63, 3.8) is 0 Å². The van der Waals surface area contributed by atoms with Gasteiger partial charge in [0.05, 0.1) is 24.0 Å². The van der Waals surface area contributed by atoms with Gasteiger partial charge >= 0.3 is 0 Å². The minimum Gasteiger partial charge on any atom is -0.308 e. The summed E-state index contributed by atoms with van der Waals surface area (Å²) in [6.07, 6.45) is 0.765. The van der Waals surface area contributed by atoms with Gasteiger partial charge in [0.2, 0.25) is 5.91 Å². The third kappa shape index (κ3) is 4.10. The molecule has 4 nitrogen and oxygen atoms in total. The Labute approximate surface area is 149 Å². The average molecular weight is 357 g/mol. The number of benzene rings is 2. The quantitative estimate of drug-likeness (QED) is 0.845. The lowest BCUT2D eigenvalue weighted by Crippen LogP contribution is -2.42. The molecule has 1 aliphatic rings. The summed E-state index contributed by atoms with van der Waals surface area (Å²) >= 11 is 0. The van der Waals surface area contributed by atoms with E-state index >= 15 is 0 Å². The predicted molar refractivity (Wildman–Crippen MR) is 101 cm³/mol. The topological polar surface area (TPSA) is 54.5 Å². The van der Waals surface area contributed by atoms with Crippen LogP contribution in [0.3, 0.4) is 0 Å². The van der Waals surface area contributed by atoms with E-state index in [1.165, 1.54) is 0 Å². The Hall–Kier alpha value is -2.14. The summed E-state index contributed by atoms with van der Waals surface area (Å²) in [6, 6.07) is 15.2. The monoisotopic (exact) mass is 357 g/mol. The van der Waals surface area contributed by atoms with Crippen LogP contribution >= 0.6 is 0 Å². The molecule has 2 aromatic rings. The van der Waals surface area contributed by atoms with Gasteiger partial charge < -0.3 is 4.90 Å². The third-order valence-electron chi connectivity index (χ3n) is 4.65. The molecule has 0 aliphatic carbocycles. The zero-order chi connectivity index (χ0) is 18.0. The molecule has 5 heteroatoms. The van der Waals surface area contributed by atoms with Crippen molar-refractivity contribution in [2.45, 2.75) is 32.7 Å². The lowest BCUT2D eigenvalue weighted by atomic mass is 10.0. The van der Waals surface area contributed by atoms with Gasteiger partial charge in [0, 0.05) is 5.69 Å². The first-order valence-corrected chi connectivity index (χ1v) is 10.3. The van der Waals surface area contributed by atoms with E-state index in [9.17, 15) is 13.2 Å². The van der Waals surface area contributed by atoms with Crippen LogP contribution in [0.2, 0.25) is 0 Å². The van der Waals surface area contributed by atoms with Gasteiger partial charge in [-0.2, -0.15) is 0 Å². The molecule has 132 valence electrons. The number of carbonyl (C=O) groups is 1. The van der Waals surface area contributed by atoms with Gasteiger partial charge in [-0.15, -0.1) is 0 Å². The van der Waals surface area contributed by atoms with Crippen molar-refractivity contribution in [3.05, 3.63) is 65.2 Å². The van der Waals surface area contributed by atoms with E-state index in [4.69, 9.17) is 0 Å². The first-order chi connectivity index (χ1) is 11.9. The molecule has 0 bridgehead atoms. The molecule has 25 heavy (non-hydrogen) atoms. The number of hydrogen-bond donors (Lipinski definition) is 0. The summed E-state index contributed by atoms with van der Waals surface area (Å²) in [5.41, 5.74) is 3.86. The Morgan fingerprint density at radius 1 is 1.12 bits per heavy atom. The number of aryl methyl sites for hydroxylation is 2. The van der Waals surface area contributed by atoms with Crippen molar-refractivity contribution in [1.29, 1.82) is 0 Å². The smallest absolute Gasteiger partial charge is 0.231 e. The molecule has 0 aromatic heterocycles. The molecule has 3 rings (SSSR count). The normalized spacial score (nSPS) is 18.9. The number of anilines is 1. The lowest BCUT2D eigenvalue weighted by molar-refractivity contribution is -0.118. The molecule has 1 unspecified atom stereocenters. The Morgan fingerprint density at radius 2 is 1.84 bits per heavy atom. The fourth-order valence-corrected chi connectivity index (χ4v) is 5.14. The van der Waals surface area contributed by atoms with Crippen LogP contribution < -0.4 is 4.90 Å². The van der Waals surface area contributed by atoms with E-state index in [0.717, 1.165) is 22.4 Å². The van der Waals surface area contributed by atoms with E-state index in [2.05, 4.69) is 0 Å². The summed E-state index contributed by atoms with van der Waals surface area (Å²) in [7, 11) is -3.07. The van der Waals surface area contributed by atoms with Crippen LogP contribution in [0.4, 0.5) is 5.69 Å². The van der Waals surface area contributed by atoms with E-state index < -0.39 is 9.84 Å². The van der Waals surface area contributed by atoms with E-state index in [-0.39, 0.29) is 29.9 Å². The molecule has 0 radical (unpaired) electrons. The zero-order valence-electron chi connectivity index (χ0n) is 14.6. The Bertz CT molecular complexity index is 875. The van der Waals surface area contributed by atoms with Crippen molar-refractivity contribution < 1.29 is 13.2 Å². The highest BCUT2D eigenvalue weighted by Gasteiger charge is 2.35. The second-order valence-electron chi connectivity index (χ2n) is 6.77. The van der Waals surface area contributed by atoms with Gasteiger partial charge in [0.1, 0.15) is 0 Å². The zero-order valence-corrected chi connectivity index (χ0v) is 15.4. The Kier molecular flexibility index (Phi) is 4.95. The van der Waals surface area contributed by atoms with Crippen LogP contribution in [-0.2, 0) is 21.1 Å². The van der Waals surface area contributed by atoms with Gasteiger partial charge in [-0.1, -0.05) is 48.0 Å². The van der Waals surface area contributed by atoms with Gasteiger partial charge in [-0.05, 0) is 37.5 Å². The largest absolute Gasteiger partial charge is 0.308 e. The standard InChI is InChI=1S/C20H23NO3S/c1-15-8-9-19(16(2)12-15)21(18-10-11-25(23,24)14-18)20(22)13-17-6-4-3-5-7-17/h3-9,12,18H,10-11,13-14H2,1-2H3. The SMILES string of the molecule is Cc1ccc(N(C(=O)Cc2ccccc2)C2CCS(=O)(=O)C2)c(C)c1. The number of rotatable bonds is 4. The molecular formula is C20H23NO3S. The van der Waals surface area contributed by atoms with Gasteiger partial charge in [0.25, 0.3) is 0 Å². The Morgan fingerprint density at radius 3 is 2.44 bits per heavy atom. The van der Waals surface area contributed by atoms with Crippen LogP contribution in [0.1, 0.15) is 23.1 Å². The second kappa shape index (κ2) is 7.00. The molecule has 1 heterocycles. The summed E-state index contributed by atoms with van der Waals surface area (Å²) in [4.78, 5) is 14.8. The lowest BCUT2D eigenvalue weighted by Gasteiger charge is -2.30. The van der Waals surface area contributed by atoms with Crippen molar-refractivity contribution in [2.24, 2.45) is 0 Å². The highest BCUT2D eigenvalue weighted by molar-refractivity contribution is 7.91. The maximum Gasteiger partial charge on any atom is 0.231 e. The predicted octanol–water partition coefficient (Wildman–Crippen LogP) is 3.07. The number of nitrogens with zero attached hydrogens (tertiary/aromatic N) is 1. The minimum absolute atomic E-state index is 0.0425. The minimum atomic E-state index is -3.07. The number of hydrogen-bond acceptors (Lipinski definition) is 3. The van der Waals surface area contributed by atoms with Gasteiger partial charge in [-0.25, -0.2) is 8.42 Å². The van der Waals surface area contributed by atoms with Crippen molar-refractivity contribution in [1.82, 2.24) is 0 Å². The van der Waals surface area contributed by atoms with Crippen LogP contribution in [-0.4, -0.2) is 31.9 Å².